The number of nitro benzene ring substituents is 1. The Bertz CT molecular complexity index is 1740. The van der Waals surface area contributed by atoms with Gasteiger partial charge in [-0.15, -0.1) is 0 Å². The number of aromatic nitrogens is 1. The molecule has 0 N–H and O–H groups in total. The summed E-state index contributed by atoms with van der Waals surface area (Å²) in [5.41, 5.74) is 2.17. The van der Waals surface area contributed by atoms with Crippen LogP contribution in [0.3, 0.4) is 0 Å². The molecule has 2 aromatic heterocycles. The minimum Gasteiger partial charge on any atom is -0.497 e. The summed E-state index contributed by atoms with van der Waals surface area (Å²) < 4.78 is 13.1. The summed E-state index contributed by atoms with van der Waals surface area (Å²) in [4.78, 5) is 41.7. The first-order chi connectivity index (χ1) is 17.8. The van der Waals surface area contributed by atoms with Gasteiger partial charge in [0.1, 0.15) is 17.3 Å². The summed E-state index contributed by atoms with van der Waals surface area (Å²) in [6, 6.07) is 16.1. The number of carbonyl (C=O) groups excluding carboxylic acids is 1. The number of carbonyl (C=O) groups is 1. The van der Waals surface area contributed by atoms with Crippen molar-refractivity contribution in [3.05, 3.63) is 113 Å². The molecule has 1 atom stereocenters. The van der Waals surface area contributed by atoms with Crippen molar-refractivity contribution in [1.82, 2.24) is 4.57 Å². The van der Waals surface area contributed by atoms with Gasteiger partial charge >= 0.3 is 0 Å². The first-order valence-corrected chi connectivity index (χ1v) is 12.1. The number of rotatable bonds is 6. The summed E-state index contributed by atoms with van der Waals surface area (Å²) in [5.74, 6) is 1.47. The third-order valence-electron chi connectivity index (χ3n) is 6.10. The van der Waals surface area contributed by atoms with E-state index in [0.29, 0.717) is 43.4 Å². The molecular weight excluding hydrogens is 494 g/mol. The molecule has 0 saturated heterocycles. The molecule has 0 amide bonds. The van der Waals surface area contributed by atoms with Crippen LogP contribution in [0.2, 0.25) is 0 Å². The lowest BCUT2D eigenvalue weighted by Gasteiger charge is -2.24. The van der Waals surface area contributed by atoms with Crippen LogP contribution < -0.4 is 19.6 Å². The molecule has 9 nitrogen and oxygen atoms in total. The Morgan fingerprint density at radius 3 is 2.46 bits per heavy atom. The number of thiazole rings is 1. The zero-order valence-electron chi connectivity index (χ0n) is 20.1. The van der Waals surface area contributed by atoms with E-state index < -0.39 is 11.0 Å². The Balaban J connectivity index is 1.59. The van der Waals surface area contributed by atoms with Crippen LogP contribution in [0.1, 0.15) is 31.2 Å². The summed E-state index contributed by atoms with van der Waals surface area (Å²) in [6.45, 7) is 3.25. The highest BCUT2D eigenvalue weighted by Gasteiger charge is 2.30. The number of ether oxygens (including phenoxy) is 1. The number of hydrogen-bond donors (Lipinski definition) is 0. The summed E-state index contributed by atoms with van der Waals surface area (Å²) in [7, 11) is 1.57. The topological polar surface area (TPSA) is 117 Å². The molecule has 2 aromatic carbocycles. The molecule has 5 rings (SSSR count). The molecule has 0 bridgehead atoms. The summed E-state index contributed by atoms with van der Waals surface area (Å²) in [6.07, 6.45) is 1.64. The van der Waals surface area contributed by atoms with Crippen molar-refractivity contribution in [2.75, 3.05) is 7.11 Å². The molecule has 1 aliphatic heterocycles. The number of benzene rings is 2. The number of ketones is 1. The number of fused-ring (bicyclic) bond motifs is 1. The quantitative estimate of drug-likeness (QED) is 0.283. The number of Topliss-reactive ketones (excluding diaryl/α,β-unsaturated/α-hetero) is 1. The number of hydrogen-bond acceptors (Lipinski definition) is 8. The van der Waals surface area contributed by atoms with Crippen LogP contribution in [0.25, 0.3) is 17.4 Å². The SMILES string of the molecule is COc1ccc([C@@H]2C(C(C)=O)=C(C)N=c3s/c(=C\c4ccc(-c5ccc([N+](=O)[O-])cc5)o4)c(=O)n32)cc1. The highest BCUT2D eigenvalue weighted by atomic mass is 32.1. The smallest absolute Gasteiger partial charge is 0.271 e. The van der Waals surface area contributed by atoms with Crippen molar-refractivity contribution in [3.63, 3.8) is 0 Å². The molecule has 0 radical (unpaired) electrons. The van der Waals surface area contributed by atoms with E-state index in [9.17, 15) is 19.7 Å². The Hall–Kier alpha value is -4.57. The fourth-order valence-corrected chi connectivity index (χ4v) is 5.36. The molecule has 0 unspecified atom stereocenters. The zero-order valence-corrected chi connectivity index (χ0v) is 20.9. The second-order valence-corrected chi connectivity index (χ2v) is 9.43. The van der Waals surface area contributed by atoms with Crippen LogP contribution >= 0.6 is 11.3 Å². The van der Waals surface area contributed by atoms with E-state index in [1.807, 2.05) is 12.1 Å². The van der Waals surface area contributed by atoms with Gasteiger partial charge < -0.3 is 9.15 Å². The molecule has 0 spiro atoms. The third-order valence-corrected chi connectivity index (χ3v) is 7.08. The van der Waals surface area contributed by atoms with Gasteiger partial charge in [0.2, 0.25) is 0 Å². The van der Waals surface area contributed by atoms with Crippen molar-refractivity contribution in [2.24, 2.45) is 4.99 Å². The number of non-ortho nitro benzene ring substituents is 1. The predicted octanol–water partition coefficient (Wildman–Crippen LogP) is 4.00. The van der Waals surface area contributed by atoms with Crippen molar-refractivity contribution >= 4 is 28.9 Å². The Morgan fingerprint density at radius 1 is 1.14 bits per heavy atom. The average Bonchev–Trinajstić information content (AvgIpc) is 3.47. The third kappa shape index (κ3) is 4.43. The second-order valence-electron chi connectivity index (χ2n) is 8.42. The lowest BCUT2D eigenvalue weighted by Crippen LogP contribution is -2.39. The van der Waals surface area contributed by atoms with Gasteiger partial charge in [0, 0.05) is 35.0 Å². The highest BCUT2D eigenvalue weighted by molar-refractivity contribution is 7.07. The zero-order chi connectivity index (χ0) is 26.3. The van der Waals surface area contributed by atoms with Crippen LogP contribution in [0.4, 0.5) is 5.69 Å². The largest absolute Gasteiger partial charge is 0.497 e. The monoisotopic (exact) mass is 515 g/mol. The normalized spacial score (nSPS) is 15.3. The molecule has 186 valence electrons. The van der Waals surface area contributed by atoms with E-state index in [4.69, 9.17) is 9.15 Å². The predicted molar refractivity (Wildman–Crippen MR) is 138 cm³/mol. The molecule has 10 heteroatoms. The van der Waals surface area contributed by atoms with Crippen molar-refractivity contribution in [1.29, 1.82) is 0 Å². The molecule has 37 heavy (non-hydrogen) atoms. The van der Waals surface area contributed by atoms with Crippen molar-refractivity contribution < 1.29 is 18.9 Å². The molecule has 1 aliphatic rings. The van der Waals surface area contributed by atoms with Gasteiger partial charge in [-0.1, -0.05) is 23.5 Å². The Labute approximate surface area is 214 Å². The van der Waals surface area contributed by atoms with Crippen LogP contribution in [0.15, 0.2) is 86.1 Å². The lowest BCUT2D eigenvalue weighted by molar-refractivity contribution is -0.384. The van der Waals surface area contributed by atoms with Crippen LogP contribution in [-0.4, -0.2) is 22.4 Å². The first-order valence-electron chi connectivity index (χ1n) is 11.3. The first kappa shape index (κ1) is 24.1. The number of furan rings is 1. The van der Waals surface area contributed by atoms with Gasteiger partial charge in [0.15, 0.2) is 10.6 Å². The fraction of sp³-hybridized carbons (Fsp3) is 0.148. The van der Waals surface area contributed by atoms with Gasteiger partial charge in [0.25, 0.3) is 11.2 Å². The van der Waals surface area contributed by atoms with Crippen LogP contribution in [0.5, 0.6) is 5.75 Å². The molecule has 0 saturated carbocycles. The number of allylic oxidation sites excluding steroid dienone is 2. The maximum Gasteiger partial charge on any atom is 0.271 e. The van der Waals surface area contributed by atoms with Crippen LogP contribution in [-0.2, 0) is 4.79 Å². The van der Waals surface area contributed by atoms with Crippen molar-refractivity contribution in [2.45, 2.75) is 19.9 Å². The molecule has 0 aliphatic carbocycles. The van der Waals surface area contributed by atoms with E-state index in [2.05, 4.69) is 4.99 Å². The number of nitrogens with zero attached hydrogens (tertiary/aromatic N) is 3. The molecule has 0 fully saturated rings. The average molecular weight is 516 g/mol. The number of nitro groups is 1. The van der Waals surface area contributed by atoms with Crippen molar-refractivity contribution in [3.8, 4) is 17.1 Å². The van der Waals surface area contributed by atoms with E-state index in [0.717, 1.165) is 5.56 Å². The minimum atomic E-state index is -0.617. The van der Waals surface area contributed by atoms with Gasteiger partial charge in [-0.25, -0.2) is 4.99 Å². The molecule has 4 aromatic rings. The van der Waals surface area contributed by atoms with E-state index in [1.54, 1.807) is 61.1 Å². The number of methoxy groups -OCH3 is 1. The maximum atomic E-state index is 13.6. The summed E-state index contributed by atoms with van der Waals surface area (Å²) in [5, 5.41) is 10.9. The van der Waals surface area contributed by atoms with Crippen LogP contribution in [0, 0.1) is 10.1 Å². The minimum absolute atomic E-state index is 0.0109. The molecular formula is C27H21N3O6S. The fourth-order valence-electron chi connectivity index (χ4n) is 4.33. The second kappa shape index (κ2) is 9.47. The van der Waals surface area contributed by atoms with Gasteiger partial charge in [-0.05, 0) is 55.8 Å². The maximum absolute atomic E-state index is 13.6. The lowest BCUT2D eigenvalue weighted by atomic mass is 9.93. The van der Waals surface area contributed by atoms with E-state index in [-0.39, 0.29) is 17.0 Å². The van der Waals surface area contributed by atoms with Gasteiger partial charge in [-0.3, -0.25) is 24.3 Å². The van der Waals surface area contributed by atoms with E-state index in [1.165, 1.54) is 30.4 Å². The standard InChI is InChI=1S/C27H21N3O6S/c1-15-24(16(2)31)25(18-6-10-20(35-3)11-7-18)29-26(32)23(37-27(29)28-15)14-21-12-13-22(36-21)17-4-8-19(9-5-17)30(33)34/h4-14,25H,1-3H3/b23-14-/t25-/m1/s1. The van der Waals surface area contributed by atoms with E-state index >= 15 is 0 Å². The molecule has 3 heterocycles. The summed E-state index contributed by atoms with van der Waals surface area (Å²) >= 11 is 1.21. The Kier molecular flexibility index (Phi) is 6.18. The van der Waals surface area contributed by atoms with Gasteiger partial charge in [0.05, 0.1) is 22.6 Å². The highest BCUT2D eigenvalue weighted by Crippen LogP contribution is 2.31. The van der Waals surface area contributed by atoms with Gasteiger partial charge in [-0.2, -0.15) is 0 Å². The Morgan fingerprint density at radius 2 is 1.84 bits per heavy atom.